The summed E-state index contributed by atoms with van der Waals surface area (Å²) in [6.45, 7) is 4.95. The Hall–Kier alpha value is -1.69. The molecule has 7 heteroatoms. The summed E-state index contributed by atoms with van der Waals surface area (Å²) < 4.78 is 5.52. The fraction of sp³-hybridized carbons (Fsp3) is 0.421. The molecule has 1 aliphatic rings. The first-order chi connectivity index (χ1) is 11.7. The number of halogens is 2. The number of carbonyl (C=O) groups is 1. The first-order valence-corrected chi connectivity index (χ1v) is 8.53. The number of fused-ring (bicyclic) bond motifs is 1. The van der Waals surface area contributed by atoms with Gasteiger partial charge in [-0.1, -0.05) is 31.2 Å². The molecule has 1 saturated heterocycles. The second kappa shape index (κ2) is 9.86. The monoisotopic (exact) mass is 399 g/mol. The molecule has 3 rings (SSSR count). The summed E-state index contributed by atoms with van der Waals surface area (Å²) in [5.41, 5.74) is 7.22. The van der Waals surface area contributed by atoms with E-state index in [-0.39, 0.29) is 30.7 Å². The summed E-state index contributed by atoms with van der Waals surface area (Å²) in [6.07, 6.45) is 2.33. The molecule has 1 amide bonds. The highest BCUT2D eigenvalue weighted by molar-refractivity contribution is 6.08. The summed E-state index contributed by atoms with van der Waals surface area (Å²) in [5.74, 6) is 0.448. The Morgan fingerprint density at radius 1 is 1.31 bits per heavy atom. The van der Waals surface area contributed by atoms with Crippen LogP contribution in [0.4, 0.5) is 5.69 Å². The Morgan fingerprint density at radius 2 is 2.00 bits per heavy atom. The zero-order valence-corrected chi connectivity index (χ0v) is 16.8. The van der Waals surface area contributed by atoms with Crippen molar-refractivity contribution in [3.63, 3.8) is 0 Å². The molecule has 1 atom stereocenters. The quantitative estimate of drug-likeness (QED) is 0.754. The van der Waals surface area contributed by atoms with Crippen molar-refractivity contribution in [2.75, 3.05) is 32.5 Å². The molecule has 1 heterocycles. The number of carbonyl (C=O) groups excluding carboxylic acids is 1. The van der Waals surface area contributed by atoms with Crippen LogP contribution in [0.5, 0.6) is 5.75 Å². The van der Waals surface area contributed by atoms with Gasteiger partial charge in [0.25, 0.3) is 5.91 Å². The van der Waals surface area contributed by atoms with Gasteiger partial charge >= 0.3 is 0 Å². The number of hydrogen-bond acceptors (Lipinski definition) is 4. The van der Waals surface area contributed by atoms with Crippen LogP contribution in [0.15, 0.2) is 30.3 Å². The Balaban J connectivity index is 0.00000169. The van der Waals surface area contributed by atoms with Gasteiger partial charge in [-0.25, -0.2) is 0 Å². The number of nitrogen functional groups attached to an aromatic ring is 1. The minimum Gasteiger partial charge on any atom is -0.495 e. The van der Waals surface area contributed by atoms with Crippen molar-refractivity contribution in [3.05, 3.63) is 35.9 Å². The van der Waals surface area contributed by atoms with E-state index in [0.717, 1.165) is 30.3 Å². The van der Waals surface area contributed by atoms with Gasteiger partial charge in [-0.2, -0.15) is 0 Å². The minimum atomic E-state index is -0.132. The molecule has 0 spiro atoms. The van der Waals surface area contributed by atoms with Gasteiger partial charge in [-0.3, -0.25) is 9.69 Å². The first-order valence-electron chi connectivity index (χ1n) is 8.53. The number of methoxy groups -OCH3 is 1. The van der Waals surface area contributed by atoms with Crippen molar-refractivity contribution in [1.82, 2.24) is 10.2 Å². The van der Waals surface area contributed by atoms with E-state index in [1.165, 1.54) is 6.42 Å². The van der Waals surface area contributed by atoms with E-state index in [1.54, 1.807) is 13.2 Å². The van der Waals surface area contributed by atoms with Crippen LogP contribution in [0.3, 0.4) is 0 Å². The third kappa shape index (κ3) is 4.34. The summed E-state index contributed by atoms with van der Waals surface area (Å²) in [5, 5.41) is 4.82. The number of ether oxygens (including phenoxy) is 1. The molecule has 26 heavy (non-hydrogen) atoms. The Bertz CT molecular complexity index is 755. The highest BCUT2D eigenvalue weighted by Gasteiger charge is 2.24. The first kappa shape index (κ1) is 22.4. The second-order valence-corrected chi connectivity index (χ2v) is 6.23. The van der Waals surface area contributed by atoms with E-state index >= 15 is 0 Å². The molecule has 1 unspecified atom stereocenters. The smallest absolute Gasteiger partial charge is 0.255 e. The van der Waals surface area contributed by atoms with E-state index in [0.29, 0.717) is 29.6 Å². The predicted octanol–water partition coefficient (Wildman–Crippen LogP) is 3.49. The van der Waals surface area contributed by atoms with Gasteiger partial charge in [-0.15, -0.1) is 24.8 Å². The summed E-state index contributed by atoms with van der Waals surface area (Å²) in [6, 6.07) is 9.84. The maximum absolute atomic E-state index is 12.7. The highest BCUT2D eigenvalue weighted by Crippen LogP contribution is 2.34. The lowest BCUT2D eigenvalue weighted by molar-refractivity contribution is 0.0938. The number of rotatable bonds is 5. The fourth-order valence-electron chi connectivity index (χ4n) is 3.61. The SMILES string of the molecule is CCN1CCCC1CNC(=O)c1cc(N)c2ccccc2c1OC.Cl.Cl. The summed E-state index contributed by atoms with van der Waals surface area (Å²) in [7, 11) is 1.59. The lowest BCUT2D eigenvalue weighted by Gasteiger charge is -2.23. The fourth-order valence-corrected chi connectivity index (χ4v) is 3.61. The van der Waals surface area contributed by atoms with E-state index in [4.69, 9.17) is 10.5 Å². The predicted molar refractivity (Wildman–Crippen MR) is 112 cm³/mol. The molecule has 1 fully saturated rings. The zero-order chi connectivity index (χ0) is 17.1. The average Bonchev–Trinajstić information content (AvgIpc) is 3.07. The number of nitrogens with zero attached hydrogens (tertiary/aromatic N) is 1. The van der Waals surface area contributed by atoms with E-state index in [9.17, 15) is 4.79 Å². The van der Waals surface area contributed by atoms with Crippen LogP contribution in [0.1, 0.15) is 30.1 Å². The van der Waals surface area contributed by atoms with Crippen molar-refractivity contribution in [3.8, 4) is 5.75 Å². The molecule has 0 radical (unpaired) electrons. The second-order valence-electron chi connectivity index (χ2n) is 6.23. The third-order valence-electron chi connectivity index (χ3n) is 4.88. The minimum absolute atomic E-state index is 0. The third-order valence-corrected chi connectivity index (χ3v) is 4.88. The topological polar surface area (TPSA) is 67.6 Å². The molecule has 0 bridgehead atoms. The maximum atomic E-state index is 12.7. The van der Waals surface area contributed by atoms with Crippen molar-refractivity contribution in [2.45, 2.75) is 25.8 Å². The lowest BCUT2D eigenvalue weighted by atomic mass is 10.0. The van der Waals surface area contributed by atoms with Crippen molar-refractivity contribution < 1.29 is 9.53 Å². The van der Waals surface area contributed by atoms with E-state index < -0.39 is 0 Å². The van der Waals surface area contributed by atoms with E-state index in [1.807, 2.05) is 24.3 Å². The standard InChI is InChI=1S/C19H25N3O2.2ClH/c1-3-22-10-6-7-13(22)12-21-19(23)16-11-17(20)14-8-4-5-9-15(14)18(16)24-2;;/h4-5,8-9,11,13H,3,6-7,10,12,20H2,1-2H3,(H,21,23);2*1H. The van der Waals surface area contributed by atoms with Gasteiger partial charge in [0.2, 0.25) is 0 Å². The molecule has 5 nitrogen and oxygen atoms in total. The zero-order valence-electron chi connectivity index (χ0n) is 15.2. The molecule has 2 aromatic carbocycles. The highest BCUT2D eigenvalue weighted by atomic mass is 35.5. The Labute approximate surface area is 167 Å². The van der Waals surface area contributed by atoms with E-state index in [2.05, 4.69) is 17.1 Å². The largest absolute Gasteiger partial charge is 0.495 e. The van der Waals surface area contributed by atoms with Crippen LogP contribution in [0.2, 0.25) is 0 Å². The van der Waals surface area contributed by atoms with Crippen LogP contribution in [-0.2, 0) is 0 Å². The van der Waals surface area contributed by atoms with Crippen LogP contribution in [-0.4, -0.2) is 43.6 Å². The number of nitrogens with one attached hydrogen (secondary N) is 1. The molecular formula is C19H27Cl2N3O2. The molecule has 2 aromatic rings. The van der Waals surface area contributed by atoms with Gasteiger partial charge < -0.3 is 15.8 Å². The lowest BCUT2D eigenvalue weighted by Crippen LogP contribution is -2.40. The number of likely N-dealkylation sites (tertiary alicyclic amines) is 1. The van der Waals surface area contributed by atoms with Crippen LogP contribution < -0.4 is 15.8 Å². The molecule has 0 saturated carbocycles. The molecule has 144 valence electrons. The van der Waals surface area contributed by atoms with Gasteiger partial charge in [0, 0.05) is 29.0 Å². The molecule has 1 aliphatic heterocycles. The molecule has 0 aromatic heterocycles. The maximum Gasteiger partial charge on any atom is 0.255 e. The number of hydrogen-bond donors (Lipinski definition) is 2. The Morgan fingerprint density at radius 3 is 2.65 bits per heavy atom. The van der Waals surface area contributed by atoms with Crippen LogP contribution in [0.25, 0.3) is 10.8 Å². The van der Waals surface area contributed by atoms with Gasteiger partial charge in [0.05, 0.1) is 12.7 Å². The van der Waals surface area contributed by atoms with Crippen molar-refractivity contribution in [2.24, 2.45) is 0 Å². The number of anilines is 1. The van der Waals surface area contributed by atoms with Crippen molar-refractivity contribution >= 4 is 47.2 Å². The van der Waals surface area contributed by atoms with Gasteiger partial charge in [0.15, 0.2) is 0 Å². The number of nitrogens with two attached hydrogens (primary N) is 1. The van der Waals surface area contributed by atoms with Crippen molar-refractivity contribution in [1.29, 1.82) is 0 Å². The normalized spacial score (nSPS) is 16.6. The Kier molecular flexibility index (Phi) is 8.47. The van der Waals surface area contributed by atoms with Gasteiger partial charge in [0.1, 0.15) is 5.75 Å². The van der Waals surface area contributed by atoms with Gasteiger partial charge in [-0.05, 0) is 32.0 Å². The average molecular weight is 400 g/mol. The molecule has 3 N–H and O–H groups in total. The van der Waals surface area contributed by atoms with Crippen LogP contribution >= 0.6 is 24.8 Å². The summed E-state index contributed by atoms with van der Waals surface area (Å²) in [4.78, 5) is 15.1. The number of amides is 1. The number of likely N-dealkylation sites (N-methyl/N-ethyl adjacent to an activating group) is 1. The molecular weight excluding hydrogens is 373 g/mol. The number of benzene rings is 2. The van der Waals surface area contributed by atoms with Crippen LogP contribution in [0, 0.1) is 0 Å². The summed E-state index contributed by atoms with van der Waals surface area (Å²) >= 11 is 0. The molecule has 0 aliphatic carbocycles.